The molecule has 0 bridgehead atoms. The molecule has 0 aliphatic carbocycles. The van der Waals surface area contributed by atoms with Crippen LogP contribution in [0, 0.1) is 5.92 Å². The molecule has 2 rings (SSSR count). The van der Waals surface area contributed by atoms with E-state index in [1.165, 1.54) is 15.7 Å². The average molecular weight is 303 g/mol. The minimum absolute atomic E-state index is 0.0405. The second kappa shape index (κ2) is 5.08. The molecule has 2 aromatic rings. The highest BCUT2D eigenvalue weighted by molar-refractivity contribution is 7.89. The molecule has 4 N–H and O–H groups in total. The van der Waals surface area contributed by atoms with E-state index in [0.717, 1.165) is 0 Å². The van der Waals surface area contributed by atoms with Gasteiger partial charge in [0.2, 0.25) is 5.03 Å². The Morgan fingerprint density at radius 3 is 2.68 bits per heavy atom. The summed E-state index contributed by atoms with van der Waals surface area (Å²) >= 11 is 1.34. The third-order valence-electron chi connectivity index (χ3n) is 2.95. The Morgan fingerprint density at radius 2 is 2.11 bits per heavy atom. The summed E-state index contributed by atoms with van der Waals surface area (Å²) in [6.45, 7) is 5.72. The van der Waals surface area contributed by atoms with E-state index in [-0.39, 0.29) is 22.8 Å². The summed E-state index contributed by atoms with van der Waals surface area (Å²) in [5, 5.41) is 1.81. The van der Waals surface area contributed by atoms with Crippen molar-refractivity contribution in [2.75, 3.05) is 5.43 Å². The second-order valence-electron chi connectivity index (χ2n) is 4.62. The number of fused-ring (bicyclic) bond motifs is 1. The summed E-state index contributed by atoms with van der Waals surface area (Å²) in [4.78, 5) is 4.71. The molecule has 7 nitrogen and oxygen atoms in total. The lowest BCUT2D eigenvalue weighted by Gasteiger charge is -2.17. The number of nitrogens with one attached hydrogen (secondary N) is 2. The summed E-state index contributed by atoms with van der Waals surface area (Å²) < 4.78 is 29.0. The van der Waals surface area contributed by atoms with Gasteiger partial charge in [-0.05, 0) is 12.8 Å². The minimum atomic E-state index is -3.69. The van der Waals surface area contributed by atoms with Crippen molar-refractivity contribution in [2.45, 2.75) is 31.8 Å². The zero-order chi connectivity index (χ0) is 14.2. The SMILES string of the molecule is CC(C)C(C)NS(=O)(=O)c1c(NN)nc2sccn12. The Kier molecular flexibility index (Phi) is 3.81. The third kappa shape index (κ3) is 2.59. The van der Waals surface area contributed by atoms with Crippen LogP contribution < -0.4 is 16.0 Å². The number of rotatable bonds is 5. The molecule has 0 saturated heterocycles. The molecule has 9 heteroatoms. The smallest absolute Gasteiger partial charge is 0.260 e. The van der Waals surface area contributed by atoms with Crippen molar-refractivity contribution < 1.29 is 8.42 Å². The number of anilines is 1. The molecule has 0 aliphatic heterocycles. The van der Waals surface area contributed by atoms with Gasteiger partial charge in [0.25, 0.3) is 10.0 Å². The first-order chi connectivity index (χ1) is 8.86. The van der Waals surface area contributed by atoms with E-state index in [4.69, 9.17) is 5.84 Å². The zero-order valence-electron chi connectivity index (χ0n) is 10.9. The molecule has 0 spiro atoms. The van der Waals surface area contributed by atoms with Crippen molar-refractivity contribution in [3.8, 4) is 0 Å². The monoisotopic (exact) mass is 303 g/mol. The van der Waals surface area contributed by atoms with Gasteiger partial charge in [-0.1, -0.05) is 13.8 Å². The van der Waals surface area contributed by atoms with Crippen LogP contribution in [0.1, 0.15) is 20.8 Å². The first-order valence-electron chi connectivity index (χ1n) is 5.81. The number of nitrogen functional groups attached to an aromatic ring is 1. The Balaban J connectivity index is 2.50. The van der Waals surface area contributed by atoms with Crippen molar-refractivity contribution >= 4 is 32.1 Å². The van der Waals surface area contributed by atoms with E-state index >= 15 is 0 Å². The van der Waals surface area contributed by atoms with Gasteiger partial charge in [0, 0.05) is 17.6 Å². The van der Waals surface area contributed by atoms with Crippen LogP contribution in [0.5, 0.6) is 0 Å². The van der Waals surface area contributed by atoms with Gasteiger partial charge in [-0.3, -0.25) is 4.40 Å². The van der Waals surface area contributed by atoms with E-state index in [2.05, 4.69) is 15.1 Å². The molecule has 0 radical (unpaired) electrons. The maximum Gasteiger partial charge on any atom is 0.260 e. The Bertz CT molecular complexity index is 673. The van der Waals surface area contributed by atoms with Gasteiger partial charge in [-0.25, -0.2) is 19.0 Å². The van der Waals surface area contributed by atoms with Crippen LogP contribution in [0.3, 0.4) is 0 Å². The van der Waals surface area contributed by atoms with Crippen LogP contribution in [0.15, 0.2) is 16.6 Å². The molecule has 0 saturated carbocycles. The van der Waals surface area contributed by atoms with Gasteiger partial charge in [0.15, 0.2) is 10.8 Å². The van der Waals surface area contributed by atoms with Crippen LogP contribution in [-0.2, 0) is 10.0 Å². The van der Waals surface area contributed by atoms with E-state index in [1.807, 2.05) is 20.8 Å². The molecule has 0 aromatic carbocycles. The van der Waals surface area contributed by atoms with Crippen LogP contribution in [-0.4, -0.2) is 23.8 Å². The predicted octanol–water partition coefficient (Wildman–Crippen LogP) is 1.00. The second-order valence-corrected chi connectivity index (χ2v) is 7.12. The number of sulfonamides is 1. The summed E-state index contributed by atoms with van der Waals surface area (Å²) in [7, 11) is -3.69. The van der Waals surface area contributed by atoms with Crippen molar-refractivity contribution in [1.29, 1.82) is 0 Å². The lowest BCUT2D eigenvalue weighted by molar-refractivity contribution is 0.475. The first-order valence-corrected chi connectivity index (χ1v) is 8.17. The van der Waals surface area contributed by atoms with E-state index < -0.39 is 10.0 Å². The number of hydrazine groups is 1. The Labute approximate surface area is 115 Å². The van der Waals surface area contributed by atoms with Gasteiger partial charge in [0.05, 0.1) is 0 Å². The Hall–Kier alpha value is -1.16. The first kappa shape index (κ1) is 14.3. The fourth-order valence-electron chi connectivity index (χ4n) is 1.55. The molecule has 0 amide bonds. The van der Waals surface area contributed by atoms with Crippen LogP contribution >= 0.6 is 11.3 Å². The van der Waals surface area contributed by atoms with Gasteiger partial charge in [-0.2, -0.15) is 4.98 Å². The van der Waals surface area contributed by atoms with E-state index in [0.29, 0.717) is 4.96 Å². The van der Waals surface area contributed by atoms with E-state index in [1.54, 1.807) is 11.6 Å². The zero-order valence-corrected chi connectivity index (χ0v) is 12.5. The molecule has 0 aliphatic rings. The van der Waals surface area contributed by atoms with Gasteiger partial charge >= 0.3 is 0 Å². The number of nitrogens with two attached hydrogens (primary N) is 1. The van der Waals surface area contributed by atoms with Crippen molar-refractivity contribution in [1.82, 2.24) is 14.1 Å². The number of hydrogen-bond donors (Lipinski definition) is 3. The summed E-state index contributed by atoms with van der Waals surface area (Å²) in [6.07, 6.45) is 1.66. The van der Waals surface area contributed by atoms with Crippen LogP contribution in [0.4, 0.5) is 5.82 Å². The number of aromatic nitrogens is 2. The molecule has 2 heterocycles. The molecule has 106 valence electrons. The summed E-state index contributed by atoms with van der Waals surface area (Å²) in [5.41, 5.74) is 2.34. The lowest BCUT2D eigenvalue weighted by atomic mass is 10.1. The highest BCUT2D eigenvalue weighted by Gasteiger charge is 2.27. The van der Waals surface area contributed by atoms with Crippen molar-refractivity contribution in [2.24, 2.45) is 11.8 Å². The highest BCUT2D eigenvalue weighted by Crippen LogP contribution is 2.25. The third-order valence-corrected chi connectivity index (χ3v) is 5.29. The quantitative estimate of drug-likeness (QED) is 0.565. The predicted molar refractivity (Wildman–Crippen MR) is 75.5 cm³/mol. The molecule has 0 fully saturated rings. The van der Waals surface area contributed by atoms with Crippen LogP contribution in [0.25, 0.3) is 4.96 Å². The van der Waals surface area contributed by atoms with Gasteiger partial charge in [0.1, 0.15) is 0 Å². The van der Waals surface area contributed by atoms with E-state index in [9.17, 15) is 8.42 Å². The van der Waals surface area contributed by atoms with Crippen molar-refractivity contribution in [3.05, 3.63) is 11.6 Å². The molecule has 2 aromatic heterocycles. The number of imidazole rings is 1. The fraction of sp³-hybridized carbons (Fsp3) is 0.500. The number of nitrogens with zero attached hydrogens (tertiary/aromatic N) is 2. The van der Waals surface area contributed by atoms with Crippen LogP contribution in [0.2, 0.25) is 0 Å². The maximum atomic E-state index is 12.4. The van der Waals surface area contributed by atoms with Gasteiger partial charge < -0.3 is 5.43 Å². The summed E-state index contributed by atoms with van der Waals surface area (Å²) in [6, 6.07) is -0.181. The molecular weight excluding hydrogens is 286 g/mol. The molecule has 19 heavy (non-hydrogen) atoms. The fourth-order valence-corrected chi connectivity index (χ4v) is 3.96. The normalized spacial score (nSPS) is 14.2. The maximum absolute atomic E-state index is 12.4. The van der Waals surface area contributed by atoms with Gasteiger partial charge in [-0.15, -0.1) is 11.3 Å². The lowest BCUT2D eigenvalue weighted by Crippen LogP contribution is -2.37. The highest BCUT2D eigenvalue weighted by atomic mass is 32.2. The summed E-state index contributed by atoms with van der Waals surface area (Å²) in [5.74, 6) is 5.69. The molecule has 1 unspecified atom stereocenters. The number of hydrogen-bond acceptors (Lipinski definition) is 6. The molecule has 1 atom stereocenters. The average Bonchev–Trinajstić information content (AvgIpc) is 2.86. The van der Waals surface area contributed by atoms with Crippen molar-refractivity contribution in [3.63, 3.8) is 0 Å². The standard InChI is InChI=1S/C10H17N5O2S2/c1-6(2)7(3)14-19(16,17)9-8(13-11)12-10-15(9)4-5-18-10/h4-7,13-14H,11H2,1-3H3. The molecular formula is C10H17N5O2S2. The number of thiazole rings is 1. The largest absolute Gasteiger partial charge is 0.306 e. The minimum Gasteiger partial charge on any atom is -0.306 e. The Morgan fingerprint density at radius 1 is 1.42 bits per heavy atom. The topological polar surface area (TPSA) is 102 Å².